The zero-order valence-corrected chi connectivity index (χ0v) is 21.5. The second-order valence-electron chi connectivity index (χ2n) is 8.29. The topological polar surface area (TPSA) is 116 Å². The van der Waals surface area contributed by atoms with Gasteiger partial charge in [0.1, 0.15) is 29.2 Å². The molecule has 2 heterocycles. The van der Waals surface area contributed by atoms with Crippen molar-refractivity contribution in [1.29, 1.82) is 0 Å². The Morgan fingerprint density at radius 2 is 1.56 bits per heavy atom. The van der Waals surface area contributed by atoms with Gasteiger partial charge in [-0.1, -0.05) is 0 Å². The summed E-state index contributed by atoms with van der Waals surface area (Å²) in [7, 11) is 0.582. The number of hydrogen-bond acceptors (Lipinski definition) is 9. The van der Waals surface area contributed by atoms with E-state index in [4.69, 9.17) is 33.5 Å². The molecule has 210 valence electrons. The largest absolute Gasteiger partial charge is 0.497 e. The summed E-state index contributed by atoms with van der Waals surface area (Å²) in [6.07, 6.45) is -7.60. The maximum atomic E-state index is 15.0. The molecular weight excluding hydrogens is 549 g/mol. The Kier molecular flexibility index (Phi) is 8.78. The van der Waals surface area contributed by atoms with Crippen LogP contribution in [0.3, 0.4) is 0 Å². The summed E-state index contributed by atoms with van der Waals surface area (Å²) >= 11 is 0. The average molecular weight is 573 g/mol. The lowest BCUT2D eigenvalue weighted by Gasteiger charge is -2.29. The number of benzene rings is 2. The van der Waals surface area contributed by atoms with E-state index < -0.39 is 63.4 Å². The molecule has 1 aliphatic rings. The SMILES string of the molecule is COc1ccc(OP(OCC2(C(F)F)CC(F)C(n3cc(F)c(N)nc3=O)O2)Oc2ccc(OC)cc2)cc1. The molecule has 3 aromatic rings. The zero-order chi connectivity index (χ0) is 28.2. The minimum Gasteiger partial charge on any atom is -0.497 e. The lowest BCUT2D eigenvalue weighted by molar-refractivity contribution is -0.168. The van der Waals surface area contributed by atoms with Gasteiger partial charge in [-0.2, -0.15) is 4.98 Å². The first-order chi connectivity index (χ1) is 18.6. The van der Waals surface area contributed by atoms with Crippen molar-refractivity contribution in [3.05, 3.63) is 71.0 Å². The van der Waals surface area contributed by atoms with Crippen molar-refractivity contribution in [2.75, 3.05) is 26.6 Å². The normalized spacial score (nSPS) is 20.8. The summed E-state index contributed by atoms with van der Waals surface area (Å²) in [6, 6.07) is 12.6. The highest BCUT2D eigenvalue weighted by molar-refractivity contribution is 7.42. The van der Waals surface area contributed by atoms with Gasteiger partial charge in [0.2, 0.25) is 0 Å². The predicted molar refractivity (Wildman–Crippen MR) is 131 cm³/mol. The molecule has 0 saturated carbocycles. The second-order valence-corrected chi connectivity index (χ2v) is 9.36. The Labute approximate surface area is 221 Å². The Morgan fingerprint density at radius 1 is 1.05 bits per heavy atom. The zero-order valence-electron chi connectivity index (χ0n) is 20.6. The van der Waals surface area contributed by atoms with E-state index in [1.165, 1.54) is 14.2 Å². The van der Waals surface area contributed by atoms with Crippen LogP contribution in [0.1, 0.15) is 12.6 Å². The monoisotopic (exact) mass is 573 g/mol. The van der Waals surface area contributed by atoms with Crippen LogP contribution < -0.4 is 29.9 Å². The third-order valence-electron chi connectivity index (χ3n) is 5.70. The Morgan fingerprint density at radius 3 is 2.05 bits per heavy atom. The van der Waals surface area contributed by atoms with Crippen LogP contribution in [-0.2, 0) is 9.26 Å². The fraction of sp³-hybridized carbons (Fsp3) is 0.333. The summed E-state index contributed by atoms with van der Waals surface area (Å²) in [5.74, 6) is -0.229. The van der Waals surface area contributed by atoms with E-state index in [0.29, 0.717) is 22.3 Å². The molecule has 1 fully saturated rings. The minimum absolute atomic E-state index is 0.269. The van der Waals surface area contributed by atoms with Crippen LogP contribution in [0.5, 0.6) is 23.0 Å². The van der Waals surface area contributed by atoms with Crippen molar-refractivity contribution in [2.24, 2.45) is 0 Å². The van der Waals surface area contributed by atoms with E-state index in [0.717, 1.165) is 0 Å². The molecule has 0 amide bonds. The molecule has 3 unspecified atom stereocenters. The number of rotatable bonds is 11. The van der Waals surface area contributed by atoms with Gasteiger partial charge in [-0.25, -0.2) is 22.4 Å². The quantitative estimate of drug-likeness (QED) is 0.259. The molecule has 39 heavy (non-hydrogen) atoms. The number of nitrogens with two attached hydrogens (primary N) is 1. The number of nitrogen functional groups attached to an aromatic ring is 1. The Bertz CT molecular complexity index is 1270. The van der Waals surface area contributed by atoms with Crippen LogP contribution in [0.15, 0.2) is 59.5 Å². The van der Waals surface area contributed by atoms with Gasteiger partial charge in [0.25, 0.3) is 6.43 Å². The van der Waals surface area contributed by atoms with Crippen molar-refractivity contribution in [3.8, 4) is 23.0 Å². The number of nitrogens with zero attached hydrogens (tertiary/aromatic N) is 2. The van der Waals surface area contributed by atoms with E-state index in [1.54, 1.807) is 48.5 Å². The van der Waals surface area contributed by atoms with Gasteiger partial charge in [0.15, 0.2) is 23.5 Å². The van der Waals surface area contributed by atoms with Gasteiger partial charge < -0.3 is 29.0 Å². The molecule has 0 radical (unpaired) electrons. The third kappa shape index (κ3) is 6.52. The predicted octanol–water partition coefficient (Wildman–Crippen LogP) is 4.64. The lowest BCUT2D eigenvalue weighted by atomic mass is 10.0. The van der Waals surface area contributed by atoms with Crippen LogP contribution in [0, 0.1) is 5.82 Å². The molecular formula is C24H24F4N3O7P. The van der Waals surface area contributed by atoms with Crippen molar-refractivity contribution < 1.29 is 45.3 Å². The average Bonchev–Trinajstić information content (AvgIpc) is 3.27. The molecule has 0 spiro atoms. The van der Waals surface area contributed by atoms with E-state index in [9.17, 15) is 22.4 Å². The lowest BCUT2D eigenvalue weighted by Crippen LogP contribution is -2.42. The molecule has 4 rings (SSSR count). The molecule has 15 heteroatoms. The fourth-order valence-electron chi connectivity index (χ4n) is 3.64. The Hall–Kier alpha value is -3.61. The smallest absolute Gasteiger partial charge is 0.463 e. The number of alkyl halides is 3. The van der Waals surface area contributed by atoms with Gasteiger partial charge in [0, 0.05) is 6.42 Å². The van der Waals surface area contributed by atoms with Gasteiger partial charge in [-0.05, 0) is 48.5 Å². The van der Waals surface area contributed by atoms with Crippen LogP contribution in [0.4, 0.5) is 23.4 Å². The molecule has 0 bridgehead atoms. The summed E-state index contributed by atoms with van der Waals surface area (Å²) in [6.45, 7) is -0.890. The van der Waals surface area contributed by atoms with Gasteiger partial charge in [-0.15, -0.1) is 0 Å². The van der Waals surface area contributed by atoms with E-state index in [2.05, 4.69) is 4.98 Å². The number of halogens is 4. The van der Waals surface area contributed by atoms with Crippen LogP contribution in [0.2, 0.25) is 0 Å². The summed E-state index contributed by atoms with van der Waals surface area (Å²) in [4.78, 5) is 15.4. The van der Waals surface area contributed by atoms with E-state index in [-0.39, 0.29) is 11.5 Å². The highest BCUT2D eigenvalue weighted by atomic mass is 31.2. The number of methoxy groups -OCH3 is 2. The van der Waals surface area contributed by atoms with Crippen molar-refractivity contribution in [1.82, 2.24) is 9.55 Å². The maximum absolute atomic E-state index is 15.0. The number of anilines is 1. The number of aromatic nitrogens is 2. The van der Waals surface area contributed by atoms with Crippen molar-refractivity contribution in [2.45, 2.75) is 30.8 Å². The highest BCUT2D eigenvalue weighted by Crippen LogP contribution is 2.47. The van der Waals surface area contributed by atoms with Gasteiger partial charge >= 0.3 is 14.3 Å². The first kappa shape index (κ1) is 28.4. The molecule has 0 aliphatic carbocycles. The first-order valence-corrected chi connectivity index (χ1v) is 12.4. The Balaban J connectivity index is 1.55. The van der Waals surface area contributed by atoms with Crippen LogP contribution in [-0.4, -0.2) is 48.6 Å². The second kappa shape index (κ2) is 12.1. The van der Waals surface area contributed by atoms with Crippen molar-refractivity contribution >= 4 is 14.4 Å². The third-order valence-corrected chi connectivity index (χ3v) is 6.76. The molecule has 1 saturated heterocycles. The summed E-state index contributed by atoms with van der Waals surface area (Å²) in [5.41, 5.74) is 1.57. The van der Waals surface area contributed by atoms with Gasteiger partial charge in [0.05, 0.1) is 27.0 Å². The van der Waals surface area contributed by atoms with Crippen LogP contribution >= 0.6 is 8.60 Å². The van der Waals surface area contributed by atoms with Gasteiger partial charge in [-0.3, -0.25) is 9.09 Å². The van der Waals surface area contributed by atoms with E-state index >= 15 is 0 Å². The number of ether oxygens (including phenoxy) is 3. The molecule has 1 aromatic heterocycles. The molecule has 2 aromatic carbocycles. The fourth-order valence-corrected chi connectivity index (χ4v) is 4.69. The summed E-state index contributed by atoms with van der Waals surface area (Å²) < 4.78 is 90.6. The molecule has 2 N–H and O–H groups in total. The van der Waals surface area contributed by atoms with E-state index in [1.807, 2.05) is 0 Å². The molecule has 10 nitrogen and oxygen atoms in total. The standard InChI is InChI=1S/C24H24F4N3O7P/c1-33-14-3-7-16(8-4-14)37-39(38-17-9-5-15(34-2)6-10-17)35-13-24(22(27)28)11-18(25)21(36-24)31-12-19(26)20(29)30-23(31)32/h3-10,12,18,21-22H,11,13H2,1-2H3,(H2,29,30,32). The first-order valence-electron chi connectivity index (χ1n) is 11.4. The minimum atomic E-state index is -3.26. The molecule has 3 atom stereocenters. The summed E-state index contributed by atoms with van der Waals surface area (Å²) in [5, 5.41) is 0. The highest BCUT2D eigenvalue weighted by Gasteiger charge is 2.55. The number of hydrogen-bond donors (Lipinski definition) is 1. The maximum Gasteiger partial charge on any atom is 0.463 e. The van der Waals surface area contributed by atoms with Crippen molar-refractivity contribution in [3.63, 3.8) is 0 Å². The van der Waals surface area contributed by atoms with Crippen LogP contribution in [0.25, 0.3) is 0 Å². The molecule has 1 aliphatic heterocycles.